The molecule has 0 saturated carbocycles. The molecule has 2 aromatic carbocycles. The summed E-state index contributed by atoms with van der Waals surface area (Å²) in [6.07, 6.45) is 1.67. The summed E-state index contributed by atoms with van der Waals surface area (Å²) < 4.78 is 17.9. The molecule has 1 aromatic heterocycles. The number of ether oxygens (including phenoxy) is 3. The van der Waals surface area contributed by atoms with E-state index in [2.05, 4.69) is 5.32 Å². The minimum Gasteiger partial charge on any atom is -0.454 e. The summed E-state index contributed by atoms with van der Waals surface area (Å²) >= 11 is 0.810. The first-order valence-electron chi connectivity index (χ1n) is 12.8. The van der Waals surface area contributed by atoms with Crippen molar-refractivity contribution in [1.82, 2.24) is 14.4 Å². The van der Waals surface area contributed by atoms with Gasteiger partial charge in [0.2, 0.25) is 18.6 Å². The van der Waals surface area contributed by atoms with Gasteiger partial charge in [-0.1, -0.05) is 18.2 Å². The number of nitrogens with one attached hydrogen (secondary N) is 1. The van der Waals surface area contributed by atoms with E-state index in [0.717, 1.165) is 38.8 Å². The average molecular weight is 563 g/mol. The minimum absolute atomic E-state index is 0.0319. The number of morpholine rings is 1. The van der Waals surface area contributed by atoms with Crippen LogP contribution in [0.15, 0.2) is 47.4 Å². The highest BCUT2D eigenvalue weighted by Crippen LogP contribution is 2.36. The Kier molecular flexibility index (Phi) is 6.95. The number of carbonyl (C=O) groups excluding carboxylic acids is 4. The molecule has 0 radical (unpaired) electrons. The van der Waals surface area contributed by atoms with Gasteiger partial charge in [-0.3, -0.25) is 24.1 Å². The van der Waals surface area contributed by atoms with E-state index in [4.69, 9.17) is 14.2 Å². The normalized spacial score (nSPS) is 17.8. The van der Waals surface area contributed by atoms with Gasteiger partial charge >= 0.3 is 0 Å². The third-order valence-electron chi connectivity index (χ3n) is 7.04. The van der Waals surface area contributed by atoms with Crippen molar-refractivity contribution in [3.05, 3.63) is 58.6 Å². The minimum atomic E-state index is -0.506. The van der Waals surface area contributed by atoms with Gasteiger partial charge in [-0.05, 0) is 43.0 Å². The van der Waals surface area contributed by atoms with Crippen LogP contribution in [-0.2, 0) is 25.7 Å². The van der Waals surface area contributed by atoms with E-state index in [-0.39, 0.29) is 36.6 Å². The highest BCUT2D eigenvalue weighted by Gasteiger charge is 2.37. The monoisotopic (exact) mass is 562 g/mol. The molecule has 2 fully saturated rings. The van der Waals surface area contributed by atoms with Gasteiger partial charge in [0.1, 0.15) is 13.1 Å². The van der Waals surface area contributed by atoms with E-state index < -0.39 is 11.1 Å². The summed E-state index contributed by atoms with van der Waals surface area (Å²) in [4.78, 5) is 54.4. The van der Waals surface area contributed by atoms with Gasteiger partial charge in [-0.15, -0.1) is 0 Å². The van der Waals surface area contributed by atoms with Crippen LogP contribution in [0, 0.1) is 6.92 Å². The maximum absolute atomic E-state index is 13.2. The predicted molar refractivity (Wildman–Crippen MR) is 148 cm³/mol. The van der Waals surface area contributed by atoms with Gasteiger partial charge in [0.05, 0.1) is 18.1 Å². The van der Waals surface area contributed by atoms with Crippen LogP contribution in [0.5, 0.6) is 11.5 Å². The quantitative estimate of drug-likeness (QED) is 0.455. The second-order valence-electron chi connectivity index (χ2n) is 9.48. The smallest absolute Gasteiger partial charge is 0.294 e. The molecule has 11 nitrogen and oxygen atoms in total. The Labute approximate surface area is 233 Å². The number of imide groups is 1. The number of carbonyl (C=O) groups is 4. The molecule has 0 unspecified atom stereocenters. The second-order valence-corrected chi connectivity index (χ2v) is 10.5. The average Bonchev–Trinajstić information content (AvgIpc) is 3.61. The maximum atomic E-state index is 13.2. The summed E-state index contributed by atoms with van der Waals surface area (Å²) in [5.74, 6) is 0.172. The first-order chi connectivity index (χ1) is 19.4. The highest BCUT2D eigenvalue weighted by atomic mass is 32.2. The van der Waals surface area contributed by atoms with Gasteiger partial charge in [-0.25, -0.2) is 0 Å². The zero-order valence-electron chi connectivity index (χ0n) is 21.7. The van der Waals surface area contributed by atoms with Crippen LogP contribution < -0.4 is 14.8 Å². The molecule has 0 bridgehead atoms. The molecule has 3 aromatic rings. The Morgan fingerprint density at radius 3 is 2.62 bits per heavy atom. The lowest BCUT2D eigenvalue weighted by Gasteiger charge is -2.28. The number of anilines is 1. The number of para-hydroxylation sites is 1. The maximum Gasteiger partial charge on any atom is 0.294 e. The van der Waals surface area contributed by atoms with Crippen LogP contribution in [0.25, 0.3) is 17.0 Å². The Balaban J connectivity index is 1.23. The fourth-order valence-electron chi connectivity index (χ4n) is 4.98. The molecular weight excluding hydrogens is 536 g/mol. The predicted octanol–water partition coefficient (Wildman–Crippen LogP) is 3.21. The summed E-state index contributed by atoms with van der Waals surface area (Å²) in [7, 11) is 0. The third kappa shape index (κ3) is 4.91. The van der Waals surface area contributed by atoms with Gasteiger partial charge < -0.3 is 29.0 Å². The van der Waals surface area contributed by atoms with Gasteiger partial charge in [0.25, 0.3) is 11.1 Å². The molecule has 12 heteroatoms. The largest absolute Gasteiger partial charge is 0.454 e. The van der Waals surface area contributed by atoms with Gasteiger partial charge in [-0.2, -0.15) is 0 Å². The van der Waals surface area contributed by atoms with Crippen molar-refractivity contribution in [1.29, 1.82) is 0 Å². The van der Waals surface area contributed by atoms with Crippen molar-refractivity contribution < 1.29 is 33.4 Å². The topological polar surface area (TPSA) is 119 Å². The van der Waals surface area contributed by atoms with Crippen molar-refractivity contribution in [2.75, 3.05) is 45.0 Å². The molecule has 4 amide bonds. The SMILES string of the molecule is Cc1c(/C=C2\SC(=O)N(CC(=O)N3CCOCC3)C2=O)c2ccccc2n1CC(=O)Nc1ccc2c(c1)OCO2. The molecule has 3 aliphatic heterocycles. The van der Waals surface area contributed by atoms with E-state index in [0.29, 0.717) is 43.5 Å². The lowest BCUT2D eigenvalue weighted by molar-refractivity contribution is -0.139. The first-order valence-corrected chi connectivity index (χ1v) is 13.6. The molecular formula is C28H26N4O7S. The number of rotatable bonds is 6. The zero-order valence-corrected chi connectivity index (χ0v) is 22.5. The standard InChI is InChI=1S/C28H26N4O7S/c1-17-20(13-24-27(35)32(28(36)40-24)15-26(34)30-8-10-37-11-9-30)19-4-2-3-5-21(19)31(17)14-25(33)29-18-6-7-22-23(12-18)39-16-38-22/h2-7,12-13H,8-11,14-16H2,1H3,(H,29,33)/b24-13-. The summed E-state index contributed by atoms with van der Waals surface area (Å²) in [5.41, 5.74) is 2.90. The number of thioether (sulfide) groups is 1. The Bertz CT molecular complexity index is 1570. The Hall–Kier alpha value is -4.29. The third-order valence-corrected chi connectivity index (χ3v) is 7.95. The molecule has 6 rings (SSSR count). The van der Waals surface area contributed by atoms with Crippen molar-refractivity contribution in [2.45, 2.75) is 13.5 Å². The van der Waals surface area contributed by atoms with E-state index >= 15 is 0 Å². The number of fused-ring (bicyclic) bond motifs is 2. The summed E-state index contributed by atoms with van der Waals surface area (Å²) in [6, 6.07) is 12.8. The Morgan fingerprint density at radius 2 is 1.80 bits per heavy atom. The van der Waals surface area contributed by atoms with Crippen molar-refractivity contribution >= 4 is 57.4 Å². The van der Waals surface area contributed by atoms with E-state index in [1.165, 1.54) is 0 Å². The number of hydrogen-bond donors (Lipinski definition) is 1. The van der Waals surface area contributed by atoms with Crippen LogP contribution >= 0.6 is 11.8 Å². The van der Waals surface area contributed by atoms with Crippen molar-refractivity contribution in [2.24, 2.45) is 0 Å². The van der Waals surface area contributed by atoms with Crippen LogP contribution in [0.2, 0.25) is 0 Å². The van der Waals surface area contributed by atoms with Crippen molar-refractivity contribution in [3.63, 3.8) is 0 Å². The lowest BCUT2D eigenvalue weighted by atomic mass is 10.1. The van der Waals surface area contributed by atoms with Crippen LogP contribution in [0.4, 0.5) is 10.5 Å². The van der Waals surface area contributed by atoms with E-state index in [1.807, 2.05) is 35.8 Å². The number of benzene rings is 2. The lowest BCUT2D eigenvalue weighted by Crippen LogP contribution is -2.46. The molecule has 4 heterocycles. The molecule has 0 atom stereocenters. The fraction of sp³-hybridized carbons (Fsp3) is 0.286. The molecule has 40 heavy (non-hydrogen) atoms. The number of hydrogen-bond acceptors (Lipinski definition) is 8. The molecule has 0 aliphatic carbocycles. The van der Waals surface area contributed by atoms with Crippen LogP contribution in [-0.4, -0.2) is 77.0 Å². The second kappa shape index (κ2) is 10.7. The number of nitrogens with zero attached hydrogens (tertiary/aromatic N) is 3. The Morgan fingerprint density at radius 1 is 1.02 bits per heavy atom. The van der Waals surface area contributed by atoms with Gasteiger partial charge in [0.15, 0.2) is 11.5 Å². The molecule has 3 aliphatic rings. The van der Waals surface area contributed by atoms with Gasteiger partial charge in [0, 0.05) is 47.0 Å². The number of aromatic nitrogens is 1. The molecule has 206 valence electrons. The molecule has 0 spiro atoms. The summed E-state index contributed by atoms with van der Waals surface area (Å²) in [6.45, 7) is 3.49. The number of amides is 4. The van der Waals surface area contributed by atoms with Crippen LogP contribution in [0.1, 0.15) is 11.3 Å². The fourth-order valence-corrected chi connectivity index (χ4v) is 5.80. The first kappa shape index (κ1) is 26.0. The zero-order chi connectivity index (χ0) is 27.8. The van der Waals surface area contributed by atoms with E-state index in [1.54, 1.807) is 29.2 Å². The highest BCUT2D eigenvalue weighted by molar-refractivity contribution is 8.18. The van der Waals surface area contributed by atoms with E-state index in [9.17, 15) is 19.2 Å². The van der Waals surface area contributed by atoms with Crippen LogP contribution in [0.3, 0.4) is 0 Å². The summed E-state index contributed by atoms with van der Waals surface area (Å²) in [5, 5.41) is 3.25. The molecule has 2 saturated heterocycles. The van der Waals surface area contributed by atoms with Crippen molar-refractivity contribution in [3.8, 4) is 11.5 Å². The molecule has 1 N–H and O–H groups in total.